The minimum Gasteiger partial charge on any atom is -0.465 e. The predicted octanol–water partition coefficient (Wildman–Crippen LogP) is 3.47. The molecule has 1 aromatic carbocycles. The lowest BCUT2D eigenvalue weighted by molar-refractivity contribution is 0.285. The zero-order valence-electron chi connectivity index (χ0n) is 12.9. The van der Waals surface area contributed by atoms with Crippen LogP contribution in [0.1, 0.15) is 35.5 Å². The molecule has 112 valence electrons. The minimum atomic E-state index is 0.763. The Morgan fingerprint density at radius 2 is 1.95 bits per heavy atom. The molecule has 3 nitrogen and oxygen atoms in total. The molecule has 0 saturated heterocycles. The van der Waals surface area contributed by atoms with Crippen LogP contribution < -0.4 is 5.32 Å². The molecule has 0 atom stereocenters. The van der Waals surface area contributed by atoms with Crippen LogP contribution >= 0.6 is 0 Å². The fraction of sp³-hybridized carbons (Fsp3) is 0.444. The van der Waals surface area contributed by atoms with Gasteiger partial charge in [0.2, 0.25) is 0 Å². The fourth-order valence-corrected chi connectivity index (χ4v) is 2.59. The summed E-state index contributed by atoms with van der Waals surface area (Å²) >= 11 is 0. The van der Waals surface area contributed by atoms with Gasteiger partial charge in [-0.2, -0.15) is 0 Å². The smallest absolute Gasteiger partial charge is 0.118 e. The molecule has 2 aromatic rings. The molecule has 0 aliphatic heterocycles. The number of hydrogen-bond donors (Lipinski definition) is 1. The number of nitrogens with zero attached hydrogens (tertiary/aromatic N) is 1. The first-order valence-corrected chi connectivity index (χ1v) is 7.74. The summed E-state index contributed by atoms with van der Waals surface area (Å²) in [5.74, 6) is 2.01. The van der Waals surface area contributed by atoms with E-state index in [-0.39, 0.29) is 0 Å². The normalized spacial score (nSPS) is 14.8. The van der Waals surface area contributed by atoms with Crippen molar-refractivity contribution >= 4 is 0 Å². The van der Waals surface area contributed by atoms with Crippen LogP contribution in [0.3, 0.4) is 0 Å². The van der Waals surface area contributed by atoms with Crippen molar-refractivity contribution in [3.8, 4) is 0 Å². The van der Waals surface area contributed by atoms with Crippen molar-refractivity contribution in [3.63, 3.8) is 0 Å². The van der Waals surface area contributed by atoms with Crippen molar-refractivity contribution in [1.82, 2.24) is 10.2 Å². The van der Waals surface area contributed by atoms with E-state index < -0.39 is 0 Å². The maximum absolute atomic E-state index is 5.64. The summed E-state index contributed by atoms with van der Waals surface area (Å²) in [4.78, 5) is 2.28. The van der Waals surface area contributed by atoms with E-state index in [0.717, 1.165) is 37.2 Å². The molecule has 1 aliphatic rings. The Bertz CT molecular complexity index is 586. The van der Waals surface area contributed by atoms with E-state index in [1.54, 1.807) is 0 Å². The summed E-state index contributed by atoms with van der Waals surface area (Å²) in [6.07, 6.45) is 2.68. The van der Waals surface area contributed by atoms with E-state index in [4.69, 9.17) is 4.42 Å². The molecule has 1 fully saturated rings. The van der Waals surface area contributed by atoms with Crippen molar-refractivity contribution in [2.75, 3.05) is 7.05 Å². The van der Waals surface area contributed by atoms with Crippen LogP contribution in [0.5, 0.6) is 0 Å². The van der Waals surface area contributed by atoms with Gasteiger partial charge < -0.3 is 9.73 Å². The topological polar surface area (TPSA) is 28.4 Å². The zero-order valence-corrected chi connectivity index (χ0v) is 12.9. The second-order valence-corrected chi connectivity index (χ2v) is 6.16. The van der Waals surface area contributed by atoms with E-state index in [2.05, 4.69) is 47.6 Å². The van der Waals surface area contributed by atoms with E-state index >= 15 is 0 Å². The third-order valence-corrected chi connectivity index (χ3v) is 3.84. The number of nitrogens with one attached hydrogen (secondary N) is 1. The summed E-state index contributed by atoms with van der Waals surface area (Å²) in [6.45, 7) is 4.76. The van der Waals surface area contributed by atoms with Gasteiger partial charge in [-0.05, 0) is 50.1 Å². The van der Waals surface area contributed by atoms with Gasteiger partial charge in [-0.15, -0.1) is 0 Å². The SMILES string of the molecule is Cc1ccc(CN(C)Cc2cccc(CNC3CC3)c2)o1. The first-order chi connectivity index (χ1) is 10.2. The third-order valence-electron chi connectivity index (χ3n) is 3.84. The van der Waals surface area contributed by atoms with Gasteiger partial charge in [-0.3, -0.25) is 4.90 Å². The van der Waals surface area contributed by atoms with Crippen molar-refractivity contribution < 1.29 is 4.42 Å². The van der Waals surface area contributed by atoms with E-state index in [0.29, 0.717) is 0 Å². The van der Waals surface area contributed by atoms with Gasteiger partial charge in [0.25, 0.3) is 0 Å². The predicted molar refractivity (Wildman–Crippen MR) is 84.9 cm³/mol. The van der Waals surface area contributed by atoms with Gasteiger partial charge in [0.1, 0.15) is 11.5 Å². The Hall–Kier alpha value is -1.58. The first kappa shape index (κ1) is 14.4. The zero-order chi connectivity index (χ0) is 14.7. The van der Waals surface area contributed by atoms with Crippen LogP contribution in [0.2, 0.25) is 0 Å². The minimum absolute atomic E-state index is 0.763. The van der Waals surface area contributed by atoms with Crippen molar-refractivity contribution in [3.05, 3.63) is 59.0 Å². The number of furan rings is 1. The van der Waals surface area contributed by atoms with Gasteiger partial charge in [-0.1, -0.05) is 24.3 Å². The Morgan fingerprint density at radius 1 is 1.14 bits per heavy atom. The van der Waals surface area contributed by atoms with E-state index in [1.807, 2.05) is 13.0 Å². The van der Waals surface area contributed by atoms with Gasteiger partial charge in [0.05, 0.1) is 6.54 Å². The van der Waals surface area contributed by atoms with Gasteiger partial charge in [0.15, 0.2) is 0 Å². The molecule has 21 heavy (non-hydrogen) atoms. The van der Waals surface area contributed by atoms with Crippen LogP contribution in [0, 0.1) is 6.92 Å². The standard InChI is InChI=1S/C18H24N2O/c1-14-6-9-18(21-14)13-20(2)12-16-5-3-4-15(10-16)11-19-17-7-8-17/h3-6,9-10,17,19H,7-8,11-13H2,1-2H3. The molecular formula is C18H24N2O. The molecule has 3 heteroatoms. The summed E-state index contributed by atoms with van der Waals surface area (Å²) < 4.78 is 5.64. The Kier molecular flexibility index (Phi) is 4.42. The maximum Gasteiger partial charge on any atom is 0.118 e. The Morgan fingerprint density at radius 3 is 2.67 bits per heavy atom. The highest BCUT2D eigenvalue weighted by atomic mass is 16.3. The maximum atomic E-state index is 5.64. The fourth-order valence-electron chi connectivity index (χ4n) is 2.59. The summed E-state index contributed by atoms with van der Waals surface area (Å²) in [5, 5.41) is 3.57. The second kappa shape index (κ2) is 6.46. The number of benzene rings is 1. The molecule has 0 spiro atoms. The molecule has 1 N–H and O–H groups in total. The van der Waals surface area contributed by atoms with Gasteiger partial charge >= 0.3 is 0 Å². The average Bonchev–Trinajstić information content (AvgIpc) is 3.20. The van der Waals surface area contributed by atoms with Gasteiger partial charge in [0, 0.05) is 19.1 Å². The van der Waals surface area contributed by atoms with Crippen LogP contribution in [0.4, 0.5) is 0 Å². The number of hydrogen-bond acceptors (Lipinski definition) is 3. The second-order valence-electron chi connectivity index (χ2n) is 6.16. The monoisotopic (exact) mass is 284 g/mol. The van der Waals surface area contributed by atoms with E-state index in [9.17, 15) is 0 Å². The Labute approximate surface area is 127 Å². The Balaban J connectivity index is 1.54. The largest absolute Gasteiger partial charge is 0.465 e. The van der Waals surface area contributed by atoms with Crippen LogP contribution in [-0.4, -0.2) is 18.0 Å². The van der Waals surface area contributed by atoms with Gasteiger partial charge in [-0.25, -0.2) is 0 Å². The molecule has 1 aliphatic carbocycles. The summed E-state index contributed by atoms with van der Waals surface area (Å²) in [7, 11) is 2.13. The van der Waals surface area contributed by atoms with Crippen molar-refractivity contribution in [1.29, 1.82) is 0 Å². The molecule has 1 saturated carbocycles. The lowest BCUT2D eigenvalue weighted by Crippen LogP contribution is -2.18. The first-order valence-electron chi connectivity index (χ1n) is 7.74. The van der Waals surface area contributed by atoms with Crippen molar-refractivity contribution in [2.45, 2.75) is 45.4 Å². The number of aryl methyl sites for hydroxylation is 1. The highest BCUT2D eigenvalue weighted by Crippen LogP contribution is 2.19. The molecule has 1 heterocycles. The van der Waals surface area contributed by atoms with Crippen LogP contribution in [0.15, 0.2) is 40.8 Å². The highest BCUT2D eigenvalue weighted by Gasteiger charge is 2.19. The third kappa shape index (κ3) is 4.45. The summed E-state index contributed by atoms with van der Waals surface area (Å²) in [5.41, 5.74) is 2.73. The molecule has 0 radical (unpaired) electrons. The van der Waals surface area contributed by atoms with Crippen molar-refractivity contribution in [2.24, 2.45) is 0 Å². The molecular weight excluding hydrogens is 260 g/mol. The quantitative estimate of drug-likeness (QED) is 0.844. The molecule has 1 aromatic heterocycles. The molecule has 0 amide bonds. The van der Waals surface area contributed by atoms with E-state index in [1.165, 1.54) is 24.0 Å². The van der Waals surface area contributed by atoms with Crippen LogP contribution in [-0.2, 0) is 19.6 Å². The summed E-state index contributed by atoms with van der Waals surface area (Å²) in [6, 6.07) is 13.7. The molecule has 3 rings (SSSR count). The van der Waals surface area contributed by atoms with Crippen LogP contribution in [0.25, 0.3) is 0 Å². The highest BCUT2D eigenvalue weighted by molar-refractivity contribution is 5.23. The lowest BCUT2D eigenvalue weighted by Gasteiger charge is -2.16. The lowest BCUT2D eigenvalue weighted by atomic mass is 10.1. The number of rotatable bonds is 7. The molecule has 0 unspecified atom stereocenters. The molecule has 0 bridgehead atoms. The average molecular weight is 284 g/mol.